The number of nitrogens with zero attached hydrogens (tertiary/aromatic N) is 3. The van der Waals surface area contributed by atoms with Gasteiger partial charge in [0.15, 0.2) is 0 Å². The van der Waals surface area contributed by atoms with Crippen LogP contribution in [0.5, 0.6) is 0 Å². The minimum Gasteiger partial charge on any atom is -0.421 e. The van der Waals surface area contributed by atoms with Crippen molar-refractivity contribution in [2.24, 2.45) is 0 Å². The van der Waals surface area contributed by atoms with E-state index in [2.05, 4.69) is 56.1 Å². The number of hydrogen-bond donors (Lipinski definition) is 0. The third kappa shape index (κ3) is 3.86. The summed E-state index contributed by atoms with van der Waals surface area (Å²) in [4.78, 5) is 10.4. The second kappa shape index (κ2) is 7.35. The molecule has 0 saturated carbocycles. The van der Waals surface area contributed by atoms with E-state index >= 15 is 0 Å². The number of aromatic nitrogens is 2. The summed E-state index contributed by atoms with van der Waals surface area (Å²) in [5, 5.41) is 19.2. The lowest BCUT2D eigenvalue weighted by atomic mass is 9.63. The van der Waals surface area contributed by atoms with Crippen LogP contribution >= 0.6 is 0 Å². The maximum atomic E-state index is 10.8. The van der Waals surface area contributed by atoms with Crippen LogP contribution in [0, 0.1) is 10.1 Å². The molecule has 156 valence electrons. The van der Waals surface area contributed by atoms with Gasteiger partial charge in [-0.25, -0.2) is 0 Å². The molecule has 0 N–H and O–H groups in total. The van der Waals surface area contributed by atoms with Crippen molar-refractivity contribution in [2.45, 2.75) is 64.2 Å². The van der Waals surface area contributed by atoms with Gasteiger partial charge in [-0.05, 0) is 58.9 Å². The molecule has 0 radical (unpaired) electrons. The molecule has 1 aliphatic carbocycles. The first-order valence-electron chi connectivity index (χ1n) is 10.4. The fourth-order valence-corrected chi connectivity index (χ4v) is 4.23. The van der Waals surface area contributed by atoms with Gasteiger partial charge in [0.25, 0.3) is 5.69 Å². The molecule has 0 amide bonds. The molecule has 2 aromatic carbocycles. The van der Waals surface area contributed by atoms with E-state index in [0.717, 1.165) is 17.5 Å². The average molecular weight is 405 g/mol. The Morgan fingerprint density at radius 3 is 2.27 bits per heavy atom. The van der Waals surface area contributed by atoms with Gasteiger partial charge in [-0.3, -0.25) is 10.1 Å². The van der Waals surface area contributed by atoms with Gasteiger partial charge in [0.05, 0.1) is 4.92 Å². The summed E-state index contributed by atoms with van der Waals surface area (Å²) in [6.45, 7) is 9.22. The van der Waals surface area contributed by atoms with Crippen LogP contribution in [-0.2, 0) is 23.7 Å². The predicted octanol–water partition coefficient (Wildman–Crippen LogP) is 5.78. The molecule has 0 fully saturated rings. The minimum atomic E-state index is -0.394. The Labute approximate surface area is 176 Å². The molecular formula is C24H27N3O3. The van der Waals surface area contributed by atoms with Gasteiger partial charge in [0.1, 0.15) is 0 Å². The highest BCUT2D eigenvalue weighted by molar-refractivity contribution is 5.58. The van der Waals surface area contributed by atoms with Gasteiger partial charge in [-0.1, -0.05) is 45.9 Å². The number of aryl methyl sites for hydroxylation is 2. The summed E-state index contributed by atoms with van der Waals surface area (Å²) in [5.74, 6) is 1.11. The molecule has 0 spiro atoms. The second-order valence-corrected chi connectivity index (χ2v) is 9.45. The van der Waals surface area contributed by atoms with Gasteiger partial charge in [0.2, 0.25) is 11.8 Å². The first-order valence-corrected chi connectivity index (χ1v) is 10.4. The summed E-state index contributed by atoms with van der Waals surface area (Å²) >= 11 is 0. The SMILES string of the molecule is CC1(C)CCC(C)(C)c2cc(-c3nnc(CCc4ccc([N+](=O)[O-])cc4)o3)ccc21. The van der Waals surface area contributed by atoms with Crippen molar-refractivity contribution in [1.29, 1.82) is 0 Å². The van der Waals surface area contributed by atoms with Crippen LogP contribution in [0.25, 0.3) is 11.5 Å². The fraction of sp³-hybridized carbons (Fsp3) is 0.417. The van der Waals surface area contributed by atoms with Crippen molar-refractivity contribution in [2.75, 3.05) is 0 Å². The Morgan fingerprint density at radius 2 is 1.60 bits per heavy atom. The number of nitro benzene ring substituents is 1. The standard InChI is InChI=1S/C24H27N3O3/c1-23(2)13-14-24(3,4)20-15-17(8-11-19(20)23)22-26-25-21(30-22)12-7-16-5-9-18(10-6-16)27(28)29/h5-6,8-11,15H,7,12-14H2,1-4H3. The number of benzene rings is 2. The van der Waals surface area contributed by atoms with Gasteiger partial charge >= 0.3 is 0 Å². The molecule has 6 heteroatoms. The lowest BCUT2D eigenvalue weighted by Gasteiger charge is -2.41. The van der Waals surface area contributed by atoms with E-state index in [-0.39, 0.29) is 16.5 Å². The zero-order valence-electron chi connectivity index (χ0n) is 17.9. The van der Waals surface area contributed by atoms with E-state index in [9.17, 15) is 10.1 Å². The highest BCUT2D eigenvalue weighted by Gasteiger charge is 2.37. The highest BCUT2D eigenvalue weighted by Crippen LogP contribution is 2.46. The third-order valence-electron chi connectivity index (χ3n) is 6.34. The number of non-ortho nitro benzene ring substituents is 1. The van der Waals surface area contributed by atoms with E-state index in [4.69, 9.17) is 4.42 Å². The number of rotatable bonds is 5. The number of hydrogen-bond acceptors (Lipinski definition) is 5. The number of fused-ring (bicyclic) bond motifs is 1. The third-order valence-corrected chi connectivity index (χ3v) is 6.34. The second-order valence-electron chi connectivity index (χ2n) is 9.45. The molecule has 6 nitrogen and oxygen atoms in total. The summed E-state index contributed by atoms with van der Waals surface area (Å²) in [7, 11) is 0. The smallest absolute Gasteiger partial charge is 0.269 e. The summed E-state index contributed by atoms with van der Waals surface area (Å²) in [6.07, 6.45) is 3.61. The van der Waals surface area contributed by atoms with Crippen LogP contribution in [0.2, 0.25) is 0 Å². The largest absolute Gasteiger partial charge is 0.421 e. The highest BCUT2D eigenvalue weighted by atomic mass is 16.6. The van der Waals surface area contributed by atoms with E-state index in [1.54, 1.807) is 12.1 Å². The quantitative estimate of drug-likeness (QED) is 0.397. The Morgan fingerprint density at radius 1 is 0.933 bits per heavy atom. The van der Waals surface area contributed by atoms with Crippen LogP contribution < -0.4 is 0 Å². The molecule has 1 heterocycles. The molecule has 4 rings (SSSR count). The topological polar surface area (TPSA) is 82.1 Å². The zero-order valence-corrected chi connectivity index (χ0v) is 17.9. The van der Waals surface area contributed by atoms with E-state index in [1.807, 2.05) is 0 Å². The van der Waals surface area contributed by atoms with Crippen LogP contribution in [0.15, 0.2) is 46.9 Å². The van der Waals surface area contributed by atoms with Crippen LogP contribution in [0.1, 0.15) is 63.1 Å². The molecule has 1 aliphatic rings. The molecule has 3 aromatic rings. The fourth-order valence-electron chi connectivity index (χ4n) is 4.23. The molecule has 0 unspecified atom stereocenters. The first kappa shape index (κ1) is 20.3. The monoisotopic (exact) mass is 405 g/mol. The lowest BCUT2D eigenvalue weighted by Crippen LogP contribution is -2.33. The van der Waals surface area contributed by atoms with Crippen molar-refractivity contribution in [3.63, 3.8) is 0 Å². The van der Waals surface area contributed by atoms with Crippen LogP contribution in [-0.4, -0.2) is 15.1 Å². The van der Waals surface area contributed by atoms with E-state index in [1.165, 1.54) is 29.7 Å². The summed E-state index contributed by atoms with van der Waals surface area (Å²) in [5.41, 5.74) is 5.11. The predicted molar refractivity (Wildman–Crippen MR) is 116 cm³/mol. The average Bonchev–Trinajstić information content (AvgIpc) is 3.19. The van der Waals surface area contributed by atoms with Gasteiger partial charge in [0, 0.05) is 24.1 Å². The molecule has 0 atom stereocenters. The maximum absolute atomic E-state index is 10.8. The van der Waals surface area contributed by atoms with Crippen molar-refractivity contribution >= 4 is 5.69 Å². The number of nitro groups is 1. The van der Waals surface area contributed by atoms with E-state index < -0.39 is 4.92 Å². The summed E-state index contributed by atoms with van der Waals surface area (Å²) in [6, 6.07) is 13.1. The van der Waals surface area contributed by atoms with Crippen molar-refractivity contribution < 1.29 is 9.34 Å². The normalized spacial score (nSPS) is 16.8. The van der Waals surface area contributed by atoms with Crippen molar-refractivity contribution in [3.05, 3.63) is 75.2 Å². The first-order chi connectivity index (χ1) is 14.2. The minimum absolute atomic E-state index is 0.0948. The molecule has 1 aromatic heterocycles. The molecule has 0 bridgehead atoms. The molecule has 30 heavy (non-hydrogen) atoms. The molecule has 0 saturated heterocycles. The van der Waals surface area contributed by atoms with Gasteiger partial charge in [-0.15, -0.1) is 10.2 Å². The van der Waals surface area contributed by atoms with Crippen LogP contribution in [0.4, 0.5) is 5.69 Å². The Balaban J connectivity index is 1.52. The van der Waals surface area contributed by atoms with E-state index in [0.29, 0.717) is 24.6 Å². The van der Waals surface area contributed by atoms with Crippen molar-refractivity contribution in [1.82, 2.24) is 10.2 Å². The molecule has 0 aliphatic heterocycles. The Kier molecular flexibility index (Phi) is 4.96. The molecular weight excluding hydrogens is 378 g/mol. The zero-order chi connectivity index (χ0) is 21.5. The Bertz CT molecular complexity index is 1080. The van der Waals surface area contributed by atoms with Crippen molar-refractivity contribution in [3.8, 4) is 11.5 Å². The lowest BCUT2D eigenvalue weighted by molar-refractivity contribution is -0.384. The Hall–Kier alpha value is -3.02. The maximum Gasteiger partial charge on any atom is 0.269 e. The van der Waals surface area contributed by atoms with Gasteiger partial charge < -0.3 is 4.42 Å². The van der Waals surface area contributed by atoms with Gasteiger partial charge in [-0.2, -0.15) is 0 Å². The van der Waals surface area contributed by atoms with Crippen LogP contribution in [0.3, 0.4) is 0 Å². The summed E-state index contributed by atoms with van der Waals surface area (Å²) < 4.78 is 5.93.